The van der Waals surface area contributed by atoms with Crippen LogP contribution in [-0.2, 0) is 16.0 Å². The smallest absolute Gasteiger partial charge is 0.230 e. The Morgan fingerprint density at radius 3 is 2.52 bits per heavy atom. The molecule has 176 valence electrons. The quantitative estimate of drug-likeness (QED) is 0.349. The van der Waals surface area contributed by atoms with E-state index in [0.717, 1.165) is 38.2 Å². The summed E-state index contributed by atoms with van der Waals surface area (Å²) in [6, 6.07) is 11.8. The van der Waals surface area contributed by atoms with Crippen LogP contribution in [0.15, 0.2) is 41.6 Å². The minimum atomic E-state index is -0.0555. The van der Waals surface area contributed by atoms with Crippen molar-refractivity contribution in [3.63, 3.8) is 0 Å². The van der Waals surface area contributed by atoms with Gasteiger partial charge in [-0.15, -0.1) is 0 Å². The minimum absolute atomic E-state index is 0.0555. The molecule has 1 aromatic heterocycles. The number of hydrogen-bond donors (Lipinski definition) is 1. The molecule has 2 aromatic rings. The molecule has 1 aliphatic carbocycles. The van der Waals surface area contributed by atoms with Crippen LogP contribution in [0.2, 0.25) is 5.15 Å². The van der Waals surface area contributed by atoms with Gasteiger partial charge < -0.3 is 15.1 Å². The fourth-order valence-corrected chi connectivity index (χ4v) is 5.28. The molecule has 2 heterocycles. The van der Waals surface area contributed by atoms with Gasteiger partial charge in [-0.3, -0.25) is 9.59 Å². The van der Waals surface area contributed by atoms with E-state index >= 15 is 0 Å². The van der Waals surface area contributed by atoms with Crippen molar-refractivity contribution in [2.24, 2.45) is 5.92 Å². The molecule has 0 spiro atoms. The number of carbonyl (C=O) groups is 2. The van der Waals surface area contributed by atoms with E-state index in [2.05, 4.69) is 20.2 Å². The number of halogens is 1. The van der Waals surface area contributed by atoms with E-state index in [0.29, 0.717) is 35.9 Å². The maximum absolute atomic E-state index is 12.7. The standard InChI is InChI=1S/C24H30ClN5O2S/c25-20-16-21(29-12-14-30(15-13-29)23(32)19-8-4-5-9-19)28-24(27-20)33-17-22(31)26-11-10-18-6-2-1-3-7-18/h1-3,6-7,16,19H,4-5,8-15,17H2,(H,26,31). The Labute approximate surface area is 204 Å². The molecule has 1 N–H and O–H groups in total. The van der Waals surface area contributed by atoms with E-state index in [1.807, 2.05) is 35.2 Å². The van der Waals surface area contributed by atoms with E-state index in [1.165, 1.54) is 30.2 Å². The number of amides is 2. The number of nitrogens with one attached hydrogen (secondary N) is 1. The fraction of sp³-hybridized carbons (Fsp3) is 0.500. The van der Waals surface area contributed by atoms with Crippen molar-refractivity contribution in [3.8, 4) is 0 Å². The number of aromatic nitrogens is 2. The highest BCUT2D eigenvalue weighted by Crippen LogP contribution is 2.28. The van der Waals surface area contributed by atoms with Gasteiger partial charge in [0, 0.05) is 44.7 Å². The Balaban J connectivity index is 1.24. The highest BCUT2D eigenvalue weighted by atomic mass is 35.5. The summed E-state index contributed by atoms with van der Waals surface area (Å²) in [6.45, 7) is 3.42. The van der Waals surface area contributed by atoms with Gasteiger partial charge in [-0.25, -0.2) is 9.97 Å². The SMILES string of the molecule is O=C(CSc1nc(Cl)cc(N2CCN(C(=O)C3CCCC3)CC2)n1)NCCc1ccccc1. The van der Waals surface area contributed by atoms with Crippen LogP contribution in [0.1, 0.15) is 31.2 Å². The summed E-state index contributed by atoms with van der Waals surface area (Å²) in [5, 5.41) is 3.78. The molecule has 9 heteroatoms. The van der Waals surface area contributed by atoms with Gasteiger partial charge in [-0.2, -0.15) is 0 Å². The lowest BCUT2D eigenvalue weighted by atomic mass is 10.1. The zero-order valence-corrected chi connectivity index (χ0v) is 20.3. The molecule has 2 fully saturated rings. The Bertz CT molecular complexity index is 947. The number of carbonyl (C=O) groups excluding carboxylic acids is 2. The predicted octanol–water partition coefficient (Wildman–Crippen LogP) is 3.42. The molecule has 0 unspecified atom stereocenters. The van der Waals surface area contributed by atoms with Gasteiger partial charge in [-0.05, 0) is 24.8 Å². The number of rotatable bonds is 8. The van der Waals surface area contributed by atoms with Gasteiger partial charge in [0.05, 0.1) is 5.75 Å². The fourth-order valence-electron chi connectivity index (χ4n) is 4.37. The first-order chi connectivity index (χ1) is 16.1. The average Bonchev–Trinajstić information content (AvgIpc) is 3.38. The lowest BCUT2D eigenvalue weighted by Gasteiger charge is -2.36. The summed E-state index contributed by atoms with van der Waals surface area (Å²) in [7, 11) is 0. The second-order valence-electron chi connectivity index (χ2n) is 8.50. The Kier molecular flexibility index (Phi) is 8.45. The van der Waals surface area contributed by atoms with Crippen LogP contribution in [-0.4, -0.2) is 65.2 Å². The van der Waals surface area contributed by atoms with Gasteiger partial charge >= 0.3 is 0 Å². The molecule has 0 radical (unpaired) electrons. The summed E-state index contributed by atoms with van der Waals surface area (Å²) in [5.41, 5.74) is 1.19. The van der Waals surface area contributed by atoms with E-state index in [4.69, 9.17) is 11.6 Å². The average molecular weight is 488 g/mol. The summed E-state index contributed by atoms with van der Waals surface area (Å²) in [4.78, 5) is 37.9. The first kappa shape index (κ1) is 23.8. The molecule has 4 rings (SSSR count). The maximum Gasteiger partial charge on any atom is 0.230 e. The van der Waals surface area contributed by atoms with Crippen LogP contribution in [0.5, 0.6) is 0 Å². The van der Waals surface area contributed by atoms with Crippen molar-refractivity contribution in [3.05, 3.63) is 47.1 Å². The first-order valence-corrected chi connectivity index (χ1v) is 13.0. The van der Waals surface area contributed by atoms with Crippen LogP contribution in [0.4, 0.5) is 5.82 Å². The molecule has 7 nitrogen and oxygen atoms in total. The molecule has 2 aliphatic rings. The third-order valence-electron chi connectivity index (χ3n) is 6.19. The second kappa shape index (κ2) is 11.7. The van der Waals surface area contributed by atoms with E-state index in [1.54, 1.807) is 6.07 Å². The van der Waals surface area contributed by atoms with E-state index in [9.17, 15) is 9.59 Å². The summed E-state index contributed by atoms with van der Waals surface area (Å²) in [6.07, 6.45) is 5.19. The molecule has 1 aromatic carbocycles. The zero-order chi connectivity index (χ0) is 23.0. The van der Waals surface area contributed by atoms with Crippen molar-refractivity contribution in [1.29, 1.82) is 0 Å². The van der Waals surface area contributed by atoms with Gasteiger partial charge in [0.2, 0.25) is 11.8 Å². The van der Waals surface area contributed by atoms with Crippen molar-refractivity contribution < 1.29 is 9.59 Å². The largest absolute Gasteiger partial charge is 0.355 e. The van der Waals surface area contributed by atoms with Gasteiger partial charge in [0.1, 0.15) is 11.0 Å². The minimum Gasteiger partial charge on any atom is -0.355 e. The Morgan fingerprint density at radius 1 is 1.06 bits per heavy atom. The highest BCUT2D eigenvalue weighted by Gasteiger charge is 2.29. The molecular weight excluding hydrogens is 458 g/mol. The summed E-state index contributed by atoms with van der Waals surface area (Å²) >= 11 is 7.52. The topological polar surface area (TPSA) is 78.4 Å². The van der Waals surface area contributed by atoms with Crippen LogP contribution >= 0.6 is 23.4 Å². The van der Waals surface area contributed by atoms with Gasteiger partial charge in [0.25, 0.3) is 0 Å². The number of piperazine rings is 1. The highest BCUT2D eigenvalue weighted by molar-refractivity contribution is 7.99. The number of thioether (sulfide) groups is 1. The second-order valence-corrected chi connectivity index (χ2v) is 9.83. The maximum atomic E-state index is 12.7. The first-order valence-electron chi connectivity index (χ1n) is 11.6. The normalized spacial score (nSPS) is 16.8. The Hall–Kier alpha value is -2.32. The number of hydrogen-bond acceptors (Lipinski definition) is 6. The van der Waals surface area contributed by atoms with Gasteiger partial charge in [-0.1, -0.05) is 66.5 Å². The van der Waals surface area contributed by atoms with Crippen molar-refractivity contribution >= 4 is 41.0 Å². The van der Waals surface area contributed by atoms with E-state index < -0.39 is 0 Å². The molecule has 33 heavy (non-hydrogen) atoms. The number of anilines is 1. The van der Waals surface area contributed by atoms with Crippen LogP contribution in [0.25, 0.3) is 0 Å². The van der Waals surface area contributed by atoms with Crippen molar-refractivity contribution in [2.45, 2.75) is 37.3 Å². The van der Waals surface area contributed by atoms with Gasteiger partial charge in [0.15, 0.2) is 5.16 Å². The summed E-state index contributed by atoms with van der Waals surface area (Å²) in [5.74, 6) is 1.45. The number of benzene rings is 1. The zero-order valence-electron chi connectivity index (χ0n) is 18.7. The van der Waals surface area contributed by atoms with Crippen LogP contribution in [0.3, 0.4) is 0 Å². The molecular formula is C24H30ClN5O2S. The van der Waals surface area contributed by atoms with Crippen LogP contribution < -0.4 is 10.2 Å². The molecule has 1 saturated carbocycles. The summed E-state index contributed by atoms with van der Waals surface area (Å²) < 4.78 is 0. The monoisotopic (exact) mass is 487 g/mol. The molecule has 1 saturated heterocycles. The van der Waals surface area contributed by atoms with Crippen molar-refractivity contribution in [2.75, 3.05) is 43.4 Å². The van der Waals surface area contributed by atoms with E-state index in [-0.39, 0.29) is 17.6 Å². The molecule has 0 atom stereocenters. The third kappa shape index (κ3) is 6.84. The molecule has 0 bridgehead atoms. The lowest BCUT2D eigenvalue weighted by molar-refractivity contribution is -0.135. The predicted molar refractivity (Wildman–Crippen MR) is 132 cm³/mol. The van der Waals surface area contributed by atoms with Crippen molar-refractivity contribution in [1.82, 2.24) is 20.2 Å². The third-order valence-corrected chi connectivity index (χ3v) is 7.23. The lowest BCUT2D eigenvalue weighted by Crippen LogP contribution is -2.50. The Morgan fingerprint density at radius 2 is 1.79 bits per heavy atom. The molecule has 1 aliphatic heterocycles. The molecule has 2 amide bonds. The number of nitrogens with zero attached hydrogens (tertiary/aromatic N) is 4. The van der Waals surface area contributed by atoms with Crippen LogP contribution in [0, 0.1) is 5.92 Å².